The summed E-state index contributed by atoms with van der Waals surface area (Å²) in [5, 5.41) is 9.42. The molecule has 2 aromatic heterocycles. The lowest BCUT2D eigenvalue weighted by Crippen LogP contribution is -2.52. The molecule has 0 aliphatic carbocycles. The lowest BCUT2D eigenvalue weighted by molar-refractivity contribution is 0.0518. The van der Waals surface area contributed by atoms with Crippen LogP contribution < -0.4 is 4.90 Å². The molecule has 2 aliphatic rings. The fraction of sp³-hybridized carbons (Fsp3) is 0.400. The molecule has 1 fully saturated rings. The van der Waals surface area contributed by atoms with Crippen LogP contribution >= 0.6 is 0 Å². The van der Waals surface area contributed by atoms with E-state index in [-0.39, 0.29) is 5.82 Å². The van der Waals surface area contributed by atoms with Gasteiger partial charge in [-0.2, -0.15) is 0 Å². The fourth-order valence-corrected chi connectivity index (χ4v) is 6.02. The molecule has 1 unspecified atom stereocenters. The van der Waals surface area contributed by atoms with Crippen LogP contribution in [-0.4, -0.2) is 69.7 Å². The van der Waals surface area contributed by atoms with Gasteiger partial charge in [0.15, 0.2) is 5.69 Å². The number of carbonyl (C=O) groups is 1. The Morgan fingerprint density at radius 2 is 2.00 bits per heavy atom. The molecule has 0 spiro atoms. The molecule has 1 saturated heterocycles. The average Bonchev–Trinajstić information content (AvgIpc) is 3.37. The van der Waals surface area contributed by atoms with E-state index in [1.54, 1.807) is 17.7 Å². The Morgan fingerprint density at radius 3 is 2.82 bits per heavy atom. The van der Waals surface area contributed by atoms with Gasteiger partial charge in [0.25, 0.3) is 0 Å². The number of benzene rings is 2. The second-order valence-corrected chi connectivity index (χ2v) is 10.5. The highest BCUT2D eigenvalue weighted by atomic mass is 19.1. The minimum atomic E-state index is -0.413. The summed E-state index contributed by atoms with van der Waals surface area (Å²) in [6.07, 6.45) is 2.47. The number of aromatic nitrogens is 4. The normalized spacial score (nSPS) is 17.2. The van der Waals surface area contributed by atoms with Gasteiger partial charge in [0.2, 0.25) is 0 Å². The maximum absolute atomic E-state index is 14.5. The number of nitrogens with zero attached hydrogens (tertiary/aromatic N) is 6. The first-order chi connectivity index (χ1) is 18.9. The zero-order chi connectivity index (χ0) is 27.1. The summed E-state index contributed by atoms with van der Waals surface area (Å²) in [5.74, 6) is -0.659. The van der Waals surface area contributed by atoms with Crippen molar-refractivity contribution in [3.63, 3.8) is 0 Å². The quantitative estimate of drug-likeness (QED) is 0.346. The molecule has 1 atom stereocenters. The molecule has 39 heavy (non-hydrogen) atoms. The van der Waals surface area contributed by atoms with Crippen LogP contribution in [0, 0.1) is 12.7 Å². The monoisotopic (exact) mass is 528 g/mol. The molecule has 9 heteroatoms. The Balaban J connectivity index is 1.16. The van der Waals surface area contributed by atoms with Gasteiger partial charge >= 0.3 is 5.97 Å². The molecule has 4 heterocycles. The van der Waals surface area contributed by atoms with Crippen LogP contribution in [0.1, 0.15) is 46.9 Å². The van der Waals surface area contributed by atoms with Gasteiger partial charge in [-0.3, -0.25) is 9.88 Å². The summed E-state index contributed by atoms with van der Waals surface area (Å²) < 4.78 is 21.4. The van der Waals surface area contributed by atoms with Crippen molar-refractivity contribution in [3.8, 4) is 5.69 Å². The van der Waals surface area contributed by atoms with E-state index in [1.165, 1.54) is 17.2 Å². The van der Waals surface area contributed by atoms with Gasteiger partial charge in [-0.05, 0) is 75.4 Å². The Morgan fingerprint density at radius 1 is 1.13 bits per heavy atom. The number of rotatable bonds is 6. The van der Waals surface area contributed by atoms with E-state index in [0.29, 0.717) is 30.3 Å². The van der Waals surface area contributed by atoms with Gasteiger partial charge in [-0.25, -0.2) is 13.9 Å². The van der Waals surface area contributed by atoms with E-state index < -0.39 is 5.97 Å². The van der Waals surface area contributed by atoms with E-state index in [1.807, 2.05) is 19.1 Å². The van der Waals surface area contributed by atoms with E-state index >= 15 is 0 Å². The minimum absolute atomic E-state index is 0.246. The molecule has 6 rings (SSSR count). The van der Waals surface area contributed by atoms with Crippen LogP contribution in [0.5, 0.6) is 0 Å². The summed E-state index contributed by atoms with van der Waals surface area (Å²) >= 11 is 0. The molecule has 0 radical (unpaired) electrons. The highest BCUT2D eigenvalue weighted by Gasteiger charge is 2.28. The van der Waals surface area contributed by atoms with E-state index in [2.05, 4.69) is 50.2 Å². The zero-order valence-electron chi connectivity index (χ0n) is 22.7. The number of ether oxygens (including phenoxy) is 1. The molecule has 8 nitrogen and oxygen atoms in total. The first kappa shape index (κ1) is 25.4. The molecule has 202 valence electrons. The number of esters is 1. The van der Waals surface area contributed by atoms with Crippen LogP contribution in [0.4, 0.5) is 10.1 Å². The molecule has 2 aliphatic heterocycles. The van der Waals surface area contributed by atoms with Crippen LogP contribution in [0.25, 0.3) is 16.6 Å². The number of anilines is 1. The molecule has 0 saturated carbocycles. The number of hydrogen-bond acceptors (Lipinski definition) is 7. The second-order valence-electron chi connectivity index (χ2n) is 10.5. The van der Waals surface area contributed by atoms with Crippen LogP contribution in [0.15, 0.2) is 42.5 Å². The number of hydrogen-bond donors (Lipinski definition) is 0. The summed E-state index contributed by atoms with van der Waals surface area (Å²) in [6.45, 7) is 9.79. The third-order valence-corrected chi connectivity index (χ3v) is 7.98. The number of aryl methyl sites for hydroxylation is 1. The Bertz CT molecular complexity index is 1540. The third kappa shape index (κ3) is 4.76. The van der Waals surface area contributed by atoms with Gasteiger partial charge < -0.3 is 9.64 Å². The van der Waals surface area contributed by atoms with Crippen LogP contribution in [-0.2, 0) is 24.0 Å². The van der Waals surface area contributed by atoms with Gasteiger partial charge in [-0.1, -0.05) is 17.3 Å². The molecule has 0 amide bonds. The molecule has 2 aromatic carbocycles. The SMILES string of the molecule is CCOC(=O)c1nnn2c1CCc1c(CCN3CCN(c4cc(F)cc5nc(C)ccc45)CC3C)cccc1-2. The van der Waals surface area contributed by atoms with Crippen molar-refractivity contribution in [1.29, 1.82) is 0 Å². The summed E-state index contributed by atoms with van der Waals surface area (Å²) in [6, 6.07) is 13.8. The summed E-state index contributed by atoms with van der Waals surface area (Å²) in [7, 11) is 0. The van der Waals surface area contributed by atoms with Crippen molar-refractivity contribution in [2.24, 2.45) is 0 Å². The smallest absolute Gasteiger partial charge is 0.360 e. The Labute approximate surface area is 227 Å². The standard InChI is InChI=1S/C30H33FN6O2/c1-4-39-30(38)29-27-11-10-23-21(6-5-7-26(23)37(27)34-33-29)12-13-35-14-15-36(18-20(35)3)28-17-22(31)16-25-24(28)9-8-19(2)32-25/h5-9,16-17,20H,4,10-15,18H2,1-3H3. The summed E-state index contributed by atoms with van der Waals surface area (Å²) in [4.78, 5) is 21.7. The highest BCUT2D eigenvalue weighted by Crippen LogP contribution is 2.31. The zero-order valence-corrected chi connectivity index (χ0v) is 22.7. The average molecular weight is 529 g/mol. The predicted molar refractivity (Wildman–Crippen MR) is 148 cm³/mol. The molecular weight excluding hydrogens is 495 g/mol. The molecule has 0 N–H and O–H groups in total. The first-order valence-corrected chi connectivity index (χ1v) is 13.7. The summed E-state index contributed by atoms with van der Waals surface area (Å²) in [5.41, 5.74) is 7.22. The van der Waals surface area contributed by atoms with Crippen molar-refractivity contribution in [1.82, 2.24) is 24.9 Å². The number of piperazine rings is 1. The van der Waals surface area contributed by atoms with Gasteiger partial charge in [0.05, 0.1) is 23.5 Å². The van der Waals surface area contributed by atoms with Crippen molar-refractivity contribution in [2.45, 2.75) is 46.1 Å². The molecule has 4 aromatic rings. The van der Waals surface area contributed by atoms with Crippen molar-refractivity contribution >= 4 is 22.6 Å². The van der Waals surface area contributed by atoms with Crippen molar-refractivity contribution in [3.05, 3.63) is 76.5 Å². The second kappa shape index (κ2) is 10.4. The van der Waals surface area contributed by atoms with Gasteiger partial charge in [0.1, 0.15) is 5.82 Å². The van der Waals surface area contributed by atoms with E-state index in [9.17, 15) is 9.18 Å². The topological polar surface area (TPSA) is 76.4 Å². The Hall–Kier alpha value is -3.85. The number of fused-ring (bicyclic) bond motifs is 4. The maximum Gasteiger partial charge on any atom is 0.360 e. The largest absolute Gasteiger partial charge is 0.461 e. The van der Waals surface area contributed by atoms with Crippen LogP contribution in [0.2, 0.25) is 0 Å². The minimum Gasteiger partial charge on any atom is -0.461 e. The highest BCUT2D eigenvalue weighted by molar-refractivity contribution is 5.92. The van der Waals surface area contributed by atoms with Gasteiger partial charge in [-0.15, -0.1) is 5.10 Å². The Kier molecular flexibility index (Phi) is 6.76. The number of pyridine rings is 1. The first-order valence-electron chi connectivity index (χ1n) is 13.7. The lowest BCUT2D eigenvalue weighted by atomic mass is 9.94. The molecular formula is C30H33FN6O2. The van der Waals surface area contributed by atoms with E-state index in [4.69, 9.17) is 4.74 Å². The van der Waals surface area contributed by atoms with Crippen LogP contribution in [0.3, 0.4) is 0 Å². The van der Waals surface area contributed by atoms with Crippen molar-refractivity contribution < 1.29 is 13.9 Å². The third-order valence-electron chi connectivity index (χ3n) is 7.98. The maximum atomic E-state index is 14.5. The number of carbonyl (C=O) groups excluding carboxylic acids is 1. The lowest BCUT2D eigenvalue weighted by Gasteiger charge is -2.41. The molecule has 0 bridgehead atoms. The van der Waals surface area contributed by atoms with E-state index in [0.717, 1.165) is 67.2 Å². The fourth-order valence-electron chi connectivity index (χ4n) is 6.02. The predicted octanol–water partition coefficient (Wildman–Crippen LogP) is 4.29. The number of halogens is 1. The van der Waals surface area contributed by atoms with Gasteiger partial charge in [0, 0.05) is 55.1 Å². The van der Waals surface area contributed by atoms with Crippen molar-refractivity contribution in [2.75, 3.05) is 37.7 Å².